The minimum Gasteiger partial charge on any atom is -0.497 e. The SMILES string of the molecule is COc1cc(OC)cc(N2CC(C(=O)N3CCNCC3)CC2=O)c1.Cl. The lowest BCUT2D eigenvalue weighted by molar-refractivity contribution is -0.136. The minimum atomic E-state index is -0.284. The second kappa shape index (κ2) is 8.40. The van der Waals surface area contributed by atoms with Crippen molar-refractivity contribution in [2.45, 2.75) is 6.42 Å². The molecule has 0 aliphatic carbocycles. The molecule has 0 bridgehead atoms. The van der Waals surface area contributed by atoms with Crippen molar-refractivity contribution in [2.75, 3.05) is 51.8 Å². The van der Waals surface area contributed by atoms with Crippen LogP contribution in [0.5, 0.6) is 11.5 Å². The van der Waals surface area contributed by atoms with Gasteiger partial charge in [0.2, 0.25) is 11.8 Å². The Morgan fingerprint density at radius 3 is 2.28 bits per heavy atom. The second-order valence-electron chi connectivity index (χ2n) is 6.05. The van der Waals surface area contributed by atoms with Gasteiger partial charge in [0, 0.05) is 57.3 Å². The van der Waals surface area contributed by atoms with E-state index < -0.39 is 0 Å². The maximum atomic E-state index is 12.6. The summed E-state index contributed by atoms with van der Waals surface area (Å²) in [4.78, 5) is 28.6. The summed E-state index contributed by atoms with van der Waals surface area (Å²) < 4.78 is 10.5. The average Bonchev–Trinajstić information content (AvgIpc) is 3.03. The lowest BCUT2D eigenvalue weighted by atomic mass is 10.1. The molecule has 0 radical (unpaired) electrons. The molecule has 1 unspecified atom stereocenters. The Hall–Kier alpha value is -1.99. The third kappa shape index (κ3) is 4.16. The molecule has 3 rings (SSSR count). The number of nitrogens with zero attached hydrogens (tertiary/aromatic N) is 2. The molecule has 138 valence electrons. The number of anilines is 1. The number of hydrogen-bond donors (Lipinski definition) is 1. The van der Waals surface area contributed by atoms with Gasteiger partial charge in [0.25, 0.3) is 0 Å². The molecule has 0 aromatic heterocycles. The Labute approximate surface area is 153 Å². The van der Waals surface area contributed by atoms with Crippen LogP contribution in [0.25, 0.3) is 0 Å². The van der Waals surface area contributed by atoms with Gasteiger partial charge in [-0.3, -0.25) is 9.59 Å². The fourth-order valence-corrected chi connectivity index (χ4v) is 3.21. The number of carbonyl (C=O) groups is 2. The van der Waals surface area contributed by atoms with Crippen molar-refractivity contribution in [3.05, 3.63) is 18.2 Å². The van der Waals surface area contributed by atoms with E-state index in [-0.39, 0.29) is 36.6 Å². The van der Waals surface area contributed by atoms with Crippen LogP contribution in [0.2, 0.25) is 0 Å². The maximum absolute atomic E-state index is 12.6. The van der Waals surface area contributed by atoms with Crippen LogP contribution < -0.4 is 19.7 Å². The first kappa shape index (κ1) is 19.3. The van der Waals surface area contributed by atoms with E-state index in [1.54, 1.807) is 37.3 Å². The number of ether oxygens (including phenoxy) is 2. The number of methoxy groups -OCH3 is 2. The Morgan fingerprint density at radius 2 is 1.72 bits per heavy atom. The molecular weight excluding hydrogens is 346 g/mol. The molecule has 1 atom stereocenters. The lowest BCUT2D eigenvalue weighted by Gasteiger charge is -2.29. The zero-order valence-electron chi connectivity index (χ0n) is 14.5. The molecule has 2 aliphatic heterocycles. The Balaban J connectivity index is 0.00000225. The highest BCUT2D eigenvalue weighted by atomic mass is 35.5. The lowest BCUT2D eigenvalue weighted by Crippen LogP contribution is -2.48. The summed E-state index contributed by atoms with van der Waals surface area (Å²) in [6.07, 6.45) is 0.252. The smallest absolute Gasteiger partial charge is 0.228 e. The van der Waals surface area contributed by atoms with Crippen LogP contribution >= 0.6 is 12.4 Å². The Morgan fingerprint density at radius 1 is 1.12 bits per heavy atom. The molecule has 0 spiro atoms. The van der Waals surface area contributed by atoms with Crippen molar-refractivity contribution >= 4 is 29.9 Å². The highest BCUT2D eigenvalue weighted by Gasteiger charge is 2.37. The number of carbonyl (C=O) groups excluding carboxylic acids is 2. The molecule has 1 aromatic rings. The summed E-state index contributed by atoms with van der Waals surface area (Å²) in [6, 6.07) is 5.34. The van der Waals surface area contributed by atoms with Crippen LogP contribution in [-0.4, -0.2) is 63.7 Å². The monoisotopic (exact) mass is 369 g/mol. The van der Waals surface area contributed by atoms with E-state index in [0.29, 0.717) is 36.8 Å². The summed E-state index contributed by atoms with van der Waals surface area (Å²) in [7, 11) is 3.14. The van der Waals surface area contributed by atoms with Gasteiger partial charge < -0.3 is 24.6 Å². The first-order valence-corrected chi connectivity index (χ1v) is 8.15. The number of amides is 2. The summed E-state index contributed by atoms with van der Waals surface area (Å²) in [5, 5.41) is 3.23. The van der Waals surface area contributed by atoms with E-state index in [0.717, 1.165) is 13.1 Å². The first-order chi connectivity index (χ1) is 11.6. The first-order valence-electron chi connectivity index (χ1n) is 8.15. The third-order valence-corrected chi connectivity index (χ3v) is 4.55. The van der Waals surface area contributed by atoms with Crippen molar-refractivity contribution in [1.29, 1.82) is 0 Å². The molecule has 1 N–H and O–H groups in total. The van der Waals surface area contributed by atoms with Crippen LogP contribution in [0.15, 0.2) is 18.2 Å². The Kier molecular flexibility index (Phi) is 6.50. The molecular formula is C17H24ClN3O4. The standard InChI is InChI=1S/C17H23N3O4.ClH/c1-23-14-8-13(9-15(10-14)24-2)20-11-12(7-16(20)21)17(22)19-5-3-18-4-6-19;/h8-10,12,18H,3-7,11H2,1-2H3;1H. The number of nitrogens with one attached hydrogen (secondary N) is 1. The predicted octanol–water partition coefficient (Wildman–Crippen LogP) is 0.910. The van der Waals surface area contributed by atoms with Crippen LogP contribution in [-0.2, 0) is 9.59 Å². The van der Waals surface area contributed by atoms with E-state index >= 15 is 0 Å². The summed E-state index contributed by atoms with van der Waals surface area (Å²) in [6.45, 7) is 3.43. The molecule has 2 heterocycles. The van der Waals surface area contributed by atoms with Gasteiger partial charge in [-0.1, -0.05) is 0 Å². The molecule has 1 aromatic carbocycles. The van der Waals surface area contributed by atoms with Gasteiger partial charge in [-0.15, -0.1) is 12.4 Å². The third-order valence-electron chi connectivity index (χ3n) is 4.55. The van der Waals surface area contributed by atoms with E-state index in [9.17, 15) is 9.59 Å². The van der Waals surface area contributed by atoms with Gasteiger partial charge in [0.15, 0.2) is 0 Å². The van der Waals surface area contributed by atoms with Crippen molar-refractivity contribution in [3.8, 4) is 11.5 Å². The van der Waals surface area contributed by atoms with Gasteiger partial charge in [0.05, 0.1) is 25.8 Å². The Bertz CT molecular complexity index is 612. The topological polar surface area (TPSA) is 71.1 Å². The summed E-state index contributed by atoms with van der Waals surface area (Å²) in [5.41, 5.74) is 0.701. The van der Waals surface area contributed by atoms with Crippen LogP contribution in [0, 0.1) is 5.92 Å². The van der Waals surface area contributed by atoms with Gasteiger partial charge in [-0.2, -0.15) is 0 Å². The van der Waals surface area contributed by atoms with Gasteiger partial charge in [-0.25, -0.2) is 0 Å². The molecule has 2 saturated heterocycles. The summed E-state index contributed by atoms with van der Waals surface area (Å²) >= 11 is 0. The number of hydrogen-bond acceptors (Lipinski definition) is 5. The van der Waals surface area contributed by atoms with E-state index in [4.69, 9.17) is 9.47 Å². The highest BCUT2D eigenvalue weighted by molar-refractivity contribution is 6.00. The van der Waals surface area contributed by atoms with Gasteiger partial charge in [-0.05, 0) is 0 Å². The number of halogens is 1. The molecule has 2 amide bonds. The predicted molar refractivity (Wildman–Crippen MR) is 96.7 cm³/mol. The molecule has 0 saturated carbocycles. The van der Waals surface area contributed by atoms with E-state index in [1.807, 2.05) is 4.90 Å². The van der Waals surface area contributed by atoms with E-state index in [2.05, 4.69) is 5.32 Å². The quantitative estimate of drug-likeness (QED) is 0.854. The fraction of sp³-hybridized carbons (Fsp3) is 0.529. The number of benzene rings is 1. The zero-order valence-corrected chi connectivity index (χ0v) is 15.3. The molecule has 2 fully saturated rings. The fourth-order valence-electron chi connectivity index (χ4n) is 3.21. The van der Waals surface area contributed by atoms with Crippen LogP contribution in [0.1, 0.15) is 6.42 Å². The van der Waals surface area contributed by atoms with Crippen molar-refractivity contribution in [3.63, 3.8) is 0 Å². The largest absolute Gasteiger partial charge is 0.497 e. The molecule has 7 nitrogen and oxygen atoms in total. The van der Waals surface area contributed by atoms with E-state index in [1.165, 1.54) is 0 Å². The molecule has 2 aliphatic rings. The zero-order chi connectivity index (χ0) is 17.1. The normalized spacial score (nSPS) is 20.2. The second-order valence-corrected chi connectivity index (χ2v) is 6.05. The number of piperazine rings is 1. The van der Waals surface area contributed by atoms with Crippen LogP contribution in [0.4, 0.5) is 5.69 Å². The van der Waals surface area contributed by atoms with Crippen molar-refractivity contribution in [1.82, 2.24) is 10.2 Å². The minimum absolute atomic E-state index is 0. The van der Waals surface area contributed by atoms with Crippen molar-refractivity contribution < 1.29 is 19.1 Å². The van der Waals surface area contributed by atoms with Gasteiger partial charge >= 0.3 is 0 Å². The number of rotatable bonds is 4. The van der Waals surface area contributed by atoms with Crippen LogP contribution in [0.3, 0.4) is 0 Å². The molecule has 25 heavy (non-hydrogen) atoms. The summed E-state index contributed by atoms with van der Waals surface area (Å²) in [5.74, 6) is 0.983. The maximum Gasteiger partial charge on any atom is 0.228 e. The van der Waals surface area contributed by atoms with Crippen molar-refractivity contribution in [2.24, 2.45) is 5.92 Å². The average molecular weight is 370 g/mol. The van der Waals surface area contributed by atoms with Gasteiger partial charge in [0.1, 0.15) is 11.5 Å². The molecule has 8 heteroatoms. The highest BCUT2D eigenvalue weighted by Crippen LogP contribution is 2.32.